The number of nitrogens with zero attached hydrogens (tertiary/aromatic N) is 4. The van der Waals surface area contributed by atoms with Gasteiger partial charge in [-0.1, -0.05) is 79.0 Å². The Kier molecular flexibility index (Phi) is 7.36. The number of hydrogen-bond donors (Lipinski definition) is 1. The highest BCUT2D eigenvalue weighted by molar-refractivity contribution is 8.01. The number of carbonyl (C=O) groups is 1. The zero-order valence-electron chi connectivity index (χ0n) is 17.0. The first-order chi connectivity index (χ1) is 15.0. The molecule has 3 aromatic rings. The lowest BCUT2D eigenvalue weighted by Gasteiger charge is -2.13. The van der Waals surface area contributed by atoms with Gasteiger partial charge in [0.25, 0.3) is 5.56 Å². The first-order valence-electron chi connectivity index (χ1n) is 9.76. The molecule has 4 rings (SSSR count). The molecule has 0 unspecified atom stereocenters. The van der Waals surface area contributed by atoms with Crippen LogP contribution in [0.25, 0.3) is 0 Å². The van der Waals surface area contributed by atoms with Crippen molar-refractivity contribution < 1.29 is 4.79 Å². The van der Waals surface area contributed by atoms with Crippen LogP contribution in [-0.4, -0.2) is 42.4 Å². The van der Waals surface area contributed by atoms with Crippen molar-refractivity contribution >= 4 is 57.7 Å². The van der Waals surface area contributed by atoms with E-state index in [4.69, 9.17) is 4.98 Å². The van der Waals surface area contributed by atoms with Crippen molar-refractivity contribution in [2.24, 2.45) is 0 Å². The van der Waals surface area contributed by atoms with Gasteiger partial charge in [-0.15, -0.1) is 22.0 Å². The number of nitrogens with one attached hydrogen (secondary N) is 1. The van der Waals surface area contributed by atoms with Gasteiger partial charge < -0.3 is 0 Å². The molecule has 0 saturated heterocycles. The van der Waals surface area contributed by atoms with Gasteiger partial charge in [0.1, 0.15) is 0 Å². The van der Waals surface area contributed by atoms with E-state index >= 15 is 0 Å². The van der Waals surface area contributed by atoms with Crippen LogP contribution in [0.1, 0.15) is 25.1 Å². The van der Waals surface area contributed by atoms with E-state index in [1.807, 2.05) is 37.3 Å². The number of rotatable bonds is 8. The summed E-state index contributed by atoms with van der Waals surface area (Å²) in [7, 11) is 0. The van der Waals surface area contributed by atoms with Crippen molar-refractivity contribution in [3.8, 4) is 0 Å². The Balaban J connectivity index is 1.52. The molecule has 31 heavy (non-hydrogen) atoms. The molecule has 2 aromatic heterocycles. The van der Waals surface area contributed by atoms with Crippen LogP contribution in [0, 0.1) is 0 Å². The molecule has 1 atom stereocenters. The smallest absolute Gasteiger partial charge is 0.268 e. The summed E-state index contributed by atoms with van der Waals surface area (Å²) in [4.78, 5) is 31.2. The predicted octanol–water partition coefficient (Wildman–Crippen LogP) is 4.02. The number of anilines is 1. The molecule has 7 nitrogen and oxygen atoms in total. The maximum Gasteiger partial charge on any atom is 0.268 e. The maximum absolute atomic E-state index is 13.2. The van der Waals surface area contributed by atoms with E-state index < -0.39 is 0 Å². The molecule has 1 amide bonds. The fraction of sp³-hybridized carbons (Fsp3) is 0.350. The highest BCUT2D eigenvalue weighted by Crippen LogP contribution is 2.34. The molecule has 0 saturated carbocycles. The highest BCUT2D eigenvalue weighted by Gasteiger charge is 2.26. The minimum Gasteiger partial charge on any atom is -0.300 e. The van der Waals surface area contributed by atoms with Crippen LogP contribution in [-0.2, 0) is 17.8 Å². The van der Waals surface area contributed by atoms with Crippen LogP contribution in [0.2, 0.25) is 0 Å². The topological polar surface area (TPSA) is 89.8 Å². The molecule has 0 spiro atoms. The number of carbonyl (C=O) groups excluding carboxylic acids is 1. The fourth-order valence-electron chi connectivity index (χ4n) is 3.07. The average molecular weight is 492 g/mol. The Morgan fingerprint density at radius 2 is 2.06 bits per heavy atom. The SMILES string of the molecule is CCSc1nnc(NC(=O)CSc2nc3c(c(=O)n2Cc2ccccc2)S[C@H](C)C3)s1. The number of aromatic nitrogens is 4. The second-order valence-electron chi connectivity index (χ2n) is 6.82. The summed E-state index contributed by atoms with van der Waals surface area (Å²) in [5.74, 6) is 0.842. The van der Waals surface area contributed by atoms with E-state index in [1.165, 1.54) is 23.1 Å². The fourth-order valence-corrected chi connectivity index (χ4v) is 6.67. The van der Waals surface area contributed by atoms with E-state index in [2.05, 4.69) is 22.4 Å². The summed E-state index contributed by atoms with van der Waals surface area (Å²) >= 11 is 5.80. The summed E-state index contributed by atoms with van der Waals surface area (Å²) in [6, 6.07) is 9.81. The number of thioether (sulfide) groups is 3. The molecule has 3 heterocycles. The van der Waals surface area contributed by atoms with Crippen LogP contribution in [0.3, 0.4) is 0 Å². The second-order valence-corrected chi connectivity index (χ2v) is 11.7. The van der Waals surface area contributed by atoms with Gasteiger partial charge in [0.15, 0.2) is 9.50 Å². The molecule has 1 aliphatic heterocycles. The molecule has 1 aromatic carbocycles. The van der Waals surface area contributed by atoms with Crippen LogP contribution in [0.15, 0.2) is 49.5 Å². The third-order valence-electron chi connectivity index (χ3n) is 4.40. The number of amides is 1. The summed E-state index contributed by atoms with van der Waals surface area (Å²) in [5, 5.41) is 12.2. The lowest BCUT2D eigenvalue weighted by atomic mass is 10.2. The third-order valence-corrected chi connectivity index (χ3v) is 8.44. The molecule has 0 radical (unpaired) electrons. The maximum atomic E-state index is 13.2. The summed E-state index contributed by atoms with van der Waals surface area (Å²) in [6.07, 6.45) is 0.768. The molecular formula is C20H21N5O2S4. The molecular weight excluding hydrogens is 471 g/mol. The molecule has 0 aliphatic carbocycles. The minimum absolute atomic E-state index is 0.0310. The number of fused-ring (bicyclic) bond motifs is 1. The van der Waals surface area contributed by atoms with Gasteiger partial charge in [0, 0.05) is 11.7 Å². The van der Waals surface area contributed by atoms with Crippen molar-refractivity contribution in [1.82, 2.24) is 19.7 Å². The third kappa shape index (κ3) is 5.51. The van der Waals surface area contributed by atoms with E-state index in [0.29, 0.717) is 22.1 Å². The van der Waals surface area contributed by atoms with E-state index in [0.717, 1.165) is 32.7 Å². The van der Waals surface area contributed by atoms with Crippen molar-refractivity contribution in [2.75, 3.05) is 16.8 Å². The van der Waals surface area contributed by atoms with Gasteiger partial charge in [-0.2, -0.15) is 0 Å². The number of benzene rings is 1. The Labute approximate surface area is 196 Å². The van der Waals surface area contributed by atoms with E-state index in [-0.39, 0.29) is 17.2 Å². The van der Waals surface area contributed by atoms with Crippen molar-refractivity contribution in [3.63, 3.8) is 0 Å². The van der Waals surface area contributed by atoms with Crippen molar-refractivity contribution in [3.05, 3.63) is 51.9 Å². The lowest BCUT2D eigenvalue weighted by molar-refractivity contribution is -0.113. The van der Waals surface area contributed by atoms with Crippen molar-refractivity contribution in [2.45, 2.75) is 46.5 Å². The second kappa shape index (κ2) is 10.2. The molecule has 0 fully saturated rings. The Bertz CT molecular complexity index is 1130. The molecule has 162 valence electrons. The normalized spacial score (nSPS) is 15.1. The molecule has 1 N–H and O–H groups in total. The van der Waals surface area contributed by atoms with Gasteiger partial charge in [0.2, 0.25) is 11.0 Å². The van der Waals surface area contributed by atoms with Gasteiger partial charge >= 0.3 is 0 Å². The van der Waals surface area contributed by atoms with Gasteiger partial charge in [-0.05, 0) is 11.3 Å². The standard InChI is InChI=1S/C20H21N5O2S4/c1-3-28-20-24-23-18(31-20)22-15(26)11-29-19-21-14-9-12(2)30-16(14)17(27)25(19)10-13-7-5-4-6-8-13/h4-8,12H,3,9-11H2,1-2H3,(H,22,23,26)/t12-/m1/s1. The van der Waals surface area contributed by atoms with Crippen LogP contribution < -0.4 is 10.9 Å². The van der Waals surface area contributed by atoms with Crippen molar-refractivity contribution in [1.29, 1.82) is 0 Å². The average Bonchev–Trinajstić information content (AvgIpc) is 3.35. The van der Waals surface area contributed by atoms with Gasteiger partial charge in [-0.3, -0.25) is 19.5 Å². The summed E-state index contributed by atoms with van der Waals surface area (Å²) < 4.78 is 2.51. The Morgan fingerprint density at radius 1 is 1.26 bits per heavy atom. The Hall–Kier alpha value is -1.82. The monoisotopic (exact) mass is 491 g/mol. The summed E-state index contributed by atoms with van der Waals surface area (Å²) in [6.45, 7) is 4.56. The summed E-state index contributed by atoms with van der Waals surface area (Å²) in [5.41, 5.74) is 1.82. The van der Waals surface area contributed by atoms with E-state index in [9.17, 15) is 9.59 Å². The molecule has 1 aliphatic rings. The Morgan fingerprint density at radius 3 is 2.84 bits per heavy atom. The minimum atomic E-state index is -0.196. The van der Waals surface area contributed by atoms with E-state index in [1.54, 1.807) is 28.1 Å². The highest BCUT2D eigenvalue weighted by atomic mass is 32.2. The van der Waals surface area contributed by atoms with Crippen LogP contribution >= 0.6 is 46.6 Å². The number of hydrogen-bond acceptors (Lipinski definition) is 9. The first-order valence-corrected chi connectivity index (χ1v) is 13.4. The predicted molar refractivity (Wildman–Crippen MR) is 129 cm³/mol. The van der Waals surface area contributed by atoms with Gasteiger partial charge in [0.05, 0.1) is 22.9 Å². The molecule has 11 heteroatoms. The van der Waals surface area contributed by atoms with Crippen LogP contribution in [0.5, 0.6) is 0 Å². The first kappa shape index (κ1) is 22.4. The zero-order chi connectivity index (χ0) is 21.8. The quantitative estimate of drug-likeness (QED) is 0.287. The van der Waals surface area contributed by atoms with Gasteiger partial charge in [-0.25, -0.2) is 4.98 Å². The largest absolute Gasteiger partial charge is 0.300 e. The van der Waals surface area contributed by atoms with Crippen LogP contribution in [0.4, 0.5) is 5.13 Å². The molecule has 0 bridgehead atoms. The zero-order valence-corrected chi connectivity index (χ0v) is 20.3. The lowest BCUT2D eigenvalue weighted by Crippen LogP contribution is -2.26.